The highest BCUT2D eigenvalue weighted by Gasteiger charge is 2.17. The SMILES string of the molecule is Cc1cc(C)c([C@H](C)NC(=O)/C(=C/c2ccco2)c2ccccc2)cc1C. The van der Waals surface area contributed by atoms with Crippen molar-refractivity contribution in [3.8, 4) is 0 Å². The van der Waals surface area contributed by atoms with Gasteiger partial charge in [-0.1, -0.05) is 42.5 Å². The second kappa shape index (κ2) is 8.09. The summed E-state index contributed by atoms with van der Waals surface area (Å²) >= 11 is 0. The Morgan fingerprint density at radius 3 is 2.33 bits per heavy atom. The maximum Gasteiger partial charge on any atom is 0.252 e. The van der Waals surface area contributed by atoms with Crippen molar-refractivity contribution in [2.75, 3.05) is 0 Å². The normalized spacial score (nSPS) is 12.7. The van der Waals surface area contributed by atoms with Gasteiger partial charge in [0.25, 0.3) is 5.91 Å². The number of carbonyl (C=O) groups is 1. The number of hydrogen-bond acceptors (Lipinski definition) is 2. The average Bonchev–Trinajstić information content (AvgIpc) is 3.16. The first-order valence-electron chi connectivity index (χ1n) is 9.15. The first-order valence-corrected chi connectivity index (χ1v) is 9.15. The Bertz CT molecular complexity index is 954. The number of carbonyl (C=O) groups excluding carboxylic acids is 1. The lowest BCUT2D eigenvalue weighted by Gasteiger charge is -2.19. The first kappa shape index (κ1) is 18.7. The molecule has 0 aliphatic heterocycles. The van der Waals surface area contributed by atoms with E-state index in [0.29, 0.717) is 11.3 Å². The van der Waals surface area contributed by atoms with Crippen LogP contribution in [0.1, 0.15) is 46.5 Å². The van der Waals surface area contributed by atoms with E-state index in [4.69, 9.17) is 4.42 Å². The van der Waals surface area contributed by atoms with Gasteiger partial charge < -0.3 is 9.73 Å². The fourth-order valence-electron chi connectivity index (χ4n) is 3.21. The van der Waals surface area contributed by atoms with Crippen LogP contribution in [0.3, 0.4) is 0 Å². The van der Waals surface area contributed by atoms with Crippen molar-refractivity contribution in [1.82, 2.24) is 5.32 Å². The Balaban J connectivity index is 1.90. The molecule has 0 bridgehead atoms. The average molecular weight is 359 g/mol. The highest BCUT2D eigenvalue weighted by atomic mass is 16.3. The van der Waals surface area contributed by atoms with Crippen LogP contribution >= 0.6 is 0 Å². The van der Waals surface area contributed by atoms with E-state index in [-0.39, 0.29) is 11.9 Å². The van der Waals surface area contributed by atoms with E-state index in [1.165, 1.54) is 16.7 Å². The van der Waals surface area contributed by atoms with Gasteiger partial charge in [0.05, 0.1) is 17.9 Å². The summed E-state index contributed by atoms with van der Waals surface area (Å²) in [6, 6.07) is 17.5. The second-order valence-electron chi connectivity index (χ2n) is 6.93. The fraction of sp³-hybridized carbons (Fsp3) is 0.208. The number of nitrogens with one attached hydrogen (secondary N) is 1. The minimum absolute atomic E-state index is 0.0967. The van der Waals surface area contributed by atoms with Gasteiger partial charge in [-0.05, 0) is 73.7 Å². The molecule has 0 unspecified atom stereocenters. The highest BCUT2D eigenvalue weighted by molar-refractivity contribution is 6.24. The summed E-state index contributed by atoms with van der Waals surface area (Å²) in [5.41, 5.74) is 6.25. The topological polar surface area (TPSA) is 42.2 Å². The molecule has 0 spiro atoms. The summed E-state index contributed by atoms with van der Waals surface area (Å²) in [6.45, 7) is 8.31. The first-order chi connectivity index (χ1) is 13.0. The molecule has 0 fully saturated rings. The van der Waals surface area contributed by atoms with Crippen molar-refractivity contribution in [3.05, 3.63) is 94.4 Å². The zero-order valence-corrected chi connectivity index (χ0v) is 16.2. The Labute approximate surface area is 160 Å². The van der Waals surface area contributed by atoms with Crippen LogP contribution in [-0.2, 0) is 4.79 Å². The van der Waals surface area contributed by atoms with Crippen molar-refractivity contribution < 1.29 is 9.21 Å². The minimum Gasteiger partial charge on any atom is -0.465 e. The van der Waals surface area contributed by atoms with E-state index in [2.05, 4.69) is 38.2 Å². The Morgan fingerprint density at radius 1 is 0.963 bits per heavy atom. The number of hydrogen-bond donors (Lipinski definition) is 1. The lowest BCUT2D eigenvalue weighted by Crippen LogP contribution is -2.28. The predicted molar refractivity (Wildman–Crippen MR) is 110 cm³/mol. The molecule has 2 aromatic carbocycles. The smallest absolute Gasteiger partial charge is 0.252 e. The van der Waals surface area contributed by atoms with E-state index in [9.17, 15) is 4.79 Å². The number of rotatable bonds is 5. The van der Waals surface area contributed by atoms with Crippen molar-refractivity contribution in [3.63, 3.8) is 0 Å². The van der Waals surface area contributed by atoms with Crippen LogP contribution in [-0.4, -0.2) is 5.91 Å². The molecule has 1 atom stereocenters. The molecule has 3 heteroatoms. The van der Waals surface area contributed by atoms with E-state index >= 15 is 0 Å². The second-order valence-corrected chi connectivity index (χ2v) is 6.93. The van der Waals surface area contributed by atoms with E-state index in [1.807, 2.05) is 49.4 Å². The number of aryl methyl sites for hydroxylation is 3. The van der Waals surface area contributed by atoms with Gasteiger partial charge >= 0.3 is 0 Å². The van der Waals surface area contributed by atoms with Crippen LogP contribution in [0.15, 0.2) is 65.3 Å². The molecule has 0 radical (unpaired) electrons. The number of benzene rings is 2. The lowest BCUT2D eigenvalue weighted by atomic mass is 9.96. The molecule has 3 rings (SSSR count). The van der Waals surface area contributed by atoms with Gasteiger partial charge in [-0.2, -0.15) is 0 Å². The summed E-state index contributed by atoms with van der Waals surface area (Å²) < 4.78 is 5.42. The molecule has 0 aliphatic carbocycles. The third kappa shape index (κ3) is 4.37. The quantitative estimate of drug-likeness (QED) is 0.601. The van der Waals surface area contributed by atoms with Gasteiger partial charge in [0, 0.05) is 0 Å². The molecule has 1 amide bonds. The zero-order chi connectivity index (χ0) is 19.4. The Morgan fingerprint density at radius 2 is 1.67 bits per heavy atom. The van der Waals surface area contributed by atoms with E-state index in [1.54, 1.807) is 12.3 Å². The molecule has 3 aromatic rings. The summed E-state index contributed by atoms with van der Waals surface area (Å²) in [6.07, 6.45) is 3.39. The molecular weight excluding hydrogens is 334 g/mol. The molecule has 1 N–H and O–H groups in total. The lowest BCUT2D eigenvalue weighted by molar-refractivity contribution is -0.116. The molecular formula is C24H25NO2. The third-order valence-corrected chi connectivity index (χ3v) is 4.86. The van der Waals surface area contributed by atoms with E-state index in [0.717, 1.165) is 11.1 Å². The van der Waals surface area contributed by atoms with Crippen LogP contribution in [0.5, 0.6) is 0 Å². The molecule has 27 heavy (non-hydrogen) atoms. The maximum absolute atomic E-state index is 13.1. The van der Waals surface area contributed by atoms with Crippen LogP contribution in [0, 0.1) is 20.8 Å². The van der Waals surface area contributed by atoms with Gasteiger partial charge in [0.2, 0.25) is 0 Å². The van der Waals surface area contributed by atoms with Gasteiger partial charge in [-0.3, -0.25) is 4.79 Å². The molecule has 1 aromatic heterocycles. The standard InChI is InChI=1S/C24H25NO2/c1-16-13-18(3)22(14-17(16)2)19(4)25-24(26)23(15-21-11-8-12-27-21)20-9-6-5-7-10-20/h5-15,19H,1-4H3,(H,25,26)/b23-15+/t19-/m0/s1. The number of furan rings is 1. The summed E-state index contributed by atoms with van der Waals surface area (Å²) in [5, 5.41) is 3.15. The van der Waals surface area contributed by atoms with Crippen LogP contribution in [0.2, 0.25) is 0 Å². The summed E-state index contributed by atoms with van der Waals surface area (Å²) in [4.78, 5) is 13.1. The van der Waals surface area contributed by atoms with Crippen molar-refractivity contribution in [2.24, 2.45) is 0 Å². The van der Waals surface area contributed by atoms with Gasteiger partial charge in [-0.15, -0.1) is 0 Å². The molecule has 0 saturated carbocycles. The van der Waals surface area contributed by atoms with Crippen LogP contribution < -0.4 is 5.32 Å². The van der Waals surface area contributed by atoms with Gasteiger partial charge in [0.15, 0.2) is 0 Å². The highest BCUT2D eigenvalue weighted by Crippen LogP contribution is 2.24. The summed E-state index contributed by atoms with van der Waals surface area (Å²) in [5.74, 6) is 0.529. The Hall–Kier alpha value is -3.07. The van der Waals surface area contributed by atoms with Crippen molar-refractivity contribution in [2.45, 2.75) is 33.7 Å². The number of amides is 1. The van der Waals surface area contributed by atoms with Crippen molar-refractivity contribution >= 4 is 17.6 Å². The molecule has 3 nitrogen and oxygen atoms in total. The fourth-order valence-corrected chi connectivity index (χ4v) is 3.21. The van der Waals surface area contributed by atoms with Gasteiger partial charge in [0.1, 0.15) is 5.76 Å². The molecule has 138 valence electrons. The van der Waals surface area contributed by atoms with Crippen molar-refractivity contribution in [1.29, 1.82) is 0 Å². The molecule has 1 heterocycles. The monoisotopic (exact) mass is 359 g/mol. The minimum atomic E-state index is -0.122. The maximum atomic E-state index is 13.1. The largest absolute Gasteiger partial charge is 0.465 e. The van der Waals surface area contributed by atoms with E-state index < -0.39 is 0 Å². The van der Waals surface area contributed by atoms with Gasteiger partial charge in [-0.25, -0.2) is 0 Å². The Kier molecular flexibility index (Phi) is 5.60. The molecule has 0 aliphatic rings. The third-order valence-electron chi connectivity index (χ3n) is 4.86. The summed E-state index contributed by atoms with van der Waals surface area (Å²) in [7, 11) is 0. The van der Waals surface area contributed by atoms with Crippen LogP contribution in [0.4, 0.5) is 0 Å². The molecule has 0 saturated heterocycles. The zero-order valence-electron chi connectivity index (χ0n) is 16.2. The predicted octanol–water partition coefficient (Wildman–Crippen LogP) is 5.62. The van der Waals surface area contributed by atoms with Crippen LogP contribution in [0.25, 0.3) is 11.6 Å².